The van der Waals surface area contributed by atoms with Gasteiger partial charge in [-0.1, -0.05) is 20.8 Å². The number of aromatic amines is 1. The van der Waals surface area contributed by atoms with Gasteiger partial charge in [0, 0.05) is 17.2 Å². The zero-order valence-corrected chi connectivity index (χ0v) is 10.4. The molecule has 2 aromatic rings. The Bertz CT molecular complexity index is 534. The summed E-state index contributed by atoms with van der Waals surface area (Å²) in [5.74, 6) is 0.666. The zero-order valence-electron chi connectivity index (χ0n) is 10.4. The van der Waals surface area contributed by atoms with Crippen molar-refractivity contribution in [2.45, 2.75) is 39.2 Å². The Kier molecular flexibility index (Phi) is 2.65. The fourth-order valence-corrected chi connectivity index (χ4v) is 1.62. The van der Waals surface area contributed by atoms with Gasteiger partial charge in [-0.15, -0.1) is 10.2 Å². The Morgan fingerprint density at radius 1 is 1.47 bits per heavy atom. The standard InChI is InChI=1S/C11H16N5O/c1-7(12-6-17)10-14-13-9-5-8(11(2,3)4)15-16(9)10/h5,7,15H,1-4H3,(H,12,17)/q-1. The van der Waals surface area contributed by atoms with Crippen LogP contribution in [0.2, 0.25) is 0 Å². The molecule has 0 spiro atoms. The van der Waals surface area contributed by atoms with Crippen LogP contribution >= 0.6 is 0 Å². The molecule has 0 saturated heterocycles. The maximum atomic E-state index is 10.3. The van der Waals surface area contributed by atoms with Gasteiger partial charge >= 0.3 is 0 Å². The highest BCUT2D eigenvalue weighted by molar-refractivity contribution is 5.48. The van der Waals surface area contributed by atoms with Crippen LogP contribution in [0.4, 0.5) is 0 Å². The Morgan fingerprint density at radius 2 is 2.18 bits per heavy atom. The van der Waals surface area contributed by atoms with Crippen molar-refractivity contribution in [1.29, 1.82) is 0 Å². The lowest BCUT2D eigenvalue weighted by atomic mass is 9.93. The lowest BCUT2D eigenvalue weighted by Crippen LogP contribution is -2.19. The number of hydrogen-bond donors (Lipinski definition) is 2. The average molecular weight is 234 g/mol. The summed E-state index contributed by atoms with van der Waals surface area (Å²) in [5, 5.41) is 13.9. The Balaban J connectivity index is 2.46. The maximum Gasteiger partial charge on any atom is 0.177 e. The lowest BCUT2D eigenvalue weighted by molar-refractivity contribution is 0.518. The van der Waals surface area contributed by atoms with Crippen molar-refractivity contribution in [1.82, 2.24) is 25.1 Å². The van der Waals surface area contributed by atoms with E-state index in [9.17, 15) is 4.79 Å². The Hall–Kier alpha value is -1.85. The first kappa shape index (κ1) is 11.6. The van der Waals surface area contributed by atoms with Crippen LogP contribution in [-0.4, -0.2) is 26.2 Å². The SMILES string of the molecule is CC(N[C-]=O)c1nnc2cc(C(C)(C)C)[nH]n12. The van der Waals surface area contributed by atoms with E-state index in [-0.39, 0.29) is 11.5 Å². The van der Waals surface area contributed by atoms with Gasteiger partial charge in [0.05, 0.1) is 6.04 Å². The molecule has 6 heteroatoms. The minimum atomic E-state index is -0.228. The number of rotatable bonds is 3. The Morgan fingerprint density at radius 3 is 2.76 bits per heavy atom. The molecule has 0 bridgehead atoms. The van der Waals surface area contributed by atoms with Crippen LogP contribution < -0.4 is 5.32 Å². The minimum absolute atomic E-state index is 0.0193. The van der Waals surface area contributed by atoms with Crippen LogP contribution in [0.15, 0.2) is 6.07 Å². The molecule has 0 aliphatic carbocycles. The summed E-state index contributed by atoms with van der Waals surface area (Å²) in [5.41, 5.74) is 1.85. The van der Waals surface area contributed by atoms with E-state index >= 15 is 0 Å². The first-order valence-corrected chi connectivity index (χ1v) is 5.50. The molecule has 92 valence electrons. The summed E-state index contributed by atoms with van der Waals surface area (Å²) in [6.07, 6.45) is 1.66. The van der Waals surface area contributed by atoms with Crippen LogP contribution in [0.1, 0.15) is 45.3 Å². The number of hydrogen-bond acceptors (Lipinski definition) is 3. The monoisotopic (exact) mass is 234 g/mol. The number of nitrogens with zero attached hydrogens (tertiary/aromatic N) is 3. The molecule has 2 aromatic heterocycles. The van der Waals surface area contributed by atoms with Crippen molar-refractivity contribution in [3.63, 3.8) is 0 Å². The van der Waals surface area contributed by atoms with Gasteiger partial charge < -0.3 is 10.1 Å². The molecule has 1 atom stereocenters. The van der Waals surface area contributed by atoms with Crippen LogP contribution in [0, 0.1) is 0 Å². The van der Waals surface area contributed by atoms with Crippen molar-refractivity contribution in [2.24, 2.45) is 0 Å². The topological polar surface area (TPSA) is 75.1 Å². The summed E-state index contributed by atoms with van der Waals surface area (Å²) in [6, 6.07) is 1.74. The molecular formula is C11H16N5O-. The van der Waals surface area contributed by atoms with Crippen molar-refractivity contribution in [3.8, 4) is 0 Å². The molecule has 0 aliphatic rings. The normalized spacial score (nSPS) is 13.9. The molecule has 2 heterocycles. The molecule has 0 aliphatic heterocycles. The molecule has 0 radical (unpaired) electrons. The fourth-order valence-electron chi connectivity index (χ4n) is 1.62. The van der Waals surface area contributed by atoms with Gasteiger partial charge in [-0.25, -0.2) is 4.52 Å². The molecule has 1 unspecified atom stereocenters. The van der Waals surface area contributed by atoms with Gasteiger partial charge in [0.15, 0.2) is 11.5 Å². The second-order valence-electron chi connectivity index (χ2n) is 5.14. The predicted octanol–water partition coefficient (Wildman–Crippen LogP) is 1.07. The maximum absolute atomic E-state index is 10.3. The summed E-state index contributed by atoms with van der Waals surface area (Å²) in [4.78, 5) is 10.3. The fraction of sp³-hybridized carbons (Fsp3) is 0.545. The second kappa shape index (κ2) is 3.87. The van der Waals surface area contributed by atoms with Crippen LogP contribution in [-0.2, 0) is 10.2 Å². The molecule has 2 N–H and O–H groups in total. The summed E-state index contributed by atoms with van der Waals surface area (Å²) in [6.45, 7) is 8.18. The second-order valence-corrected chi connectivity index (χ2v) is 5.14. The molecular weight excluding hydrogens is 218 g/mol. The van der Waals surface area contributed by atoms with Gasteiger partial charge in [0.2, 0.25) is 0 Å². The van der Waals surface area contributed by atoms with Crippen molar-refractivity contribution in [3.05, 3.63) is 17.6 Å². The quantitative estimate of drug-likeness (QED) is 0.616. The summed E-state index contributed by atoms with van der Waals surface area (Å²) in [7, 11) is 0. The van der Waals surface area contributed by atoms with E-state index in [1.807, 2.05) is 13.0 Å². The highest BCUT2D eigenvalue weighted by atomic mass is 16.1. The first-order valence-electron chi connectivity index (χ1n) is 5.50. The van der Waals surface area contributed by atoms with E-state index in [1.165, 1.54) is 0 Å². The lowest BCUT2D eigenvalue weighted by Gasteiger charge is -2.16. The molecule has 1 amide bonds. The van der Waals surface area contributed by atoms with Crippen LogP contribution in [0.3, 0.4) is 0 Å². The molecule has 0 fully saturated rings. The minimum Gasteiger partial charge on any atom is -0.521 e. The predicted molar refractivity (Wildman–Crippen MR) is 63.3 cm³/mol. The van der Waals surface area contributed by atoms with E-state index in [0.717, 1.165) is 11.3 Å². The molecule has 0 aromatic carbocycles. The molecule has 6 nitrogen and oxygen atoms in total. The van der Waals surface area contributed by atoms with Gasteiger partial charge in [-0.2, -0.15) is 6.41 Å². The highest BCUT2D eigenvalue weighted by Gasteiger charge is 2.19. The number of fused-ring (bicyclic) bond motifs is 1. The smallest absolute Gasteiger partial charge is 0.177 e. The summed E-state index contributed by atoms with van der Waals surface area (Å²) >= 11 is 0. The van der Waals surface area contributed by atoms with Crippen molar-refractivity contribution < 1.29 is 4.79 Å². The third-order valence-electron chi connectivity index (χ3n) is 2.69. The molecule has 17 heavy (non-hydrogen) atoms. The summed E-state index contributed by atoms with van der Waals surface area (Å²) < 4.78 is 1.79. The molecule has 2 rings (SSSR count). The van der Waals surface area contributed by atoms with E-state index in [0.29, 0.717) is 5.82 Å². The van der Waals surface area contributed by atoms with Crippen molar-refractivity contribution >= 4 is 12.1 Å². The Labute approximate surface area is 99.4 Å². The zero-order chi connectivity index (χ0) is 12.6. The third kappa shape index (κ3) is 2.02. The van der Waals surface area contributed by atoms with Gasteiger partial charge in [0.25, 0.3) is 0 Å². The number of carbonyl (C=O) groups excluding carboxylic acids is 1. The number of aromatic nitrogens is 4. The van der Waals surface area contributed by atoms with E-state index in [2.05, 4.69) is 41.4 Å². The molecule has 0 saturated carbocycles. The van der Waals surface area contributed by atoms with Crippen LogP contribution in [0.25, 0.3) is 5.65 Å². The van der Waals surface area contributed by atoms with E-state index < -0.39 is 0 Å². The number of nitrogens with one attached hydrogen (secondary N) is 2. The average Bonchev–Trinajstić information content (AvgIpc) is 2.73. The van der Waals surface area contributed by atoms with Gasteiger partial charge in [-0.3, -0.25) is 5.10 Å². The van der Waals surface area contributed by atoms with Crippen LogP contribution in [0.5, 0.6) is 0 Å². The largest absolute Gasteiger partial charge is 0.521 e. The number of H-pyrrole nitrogens is 1. The number of amides is 1. The van der Waals surface area contributed by atoms with E-state index in [4.69, 9.17) is 0 Å². The van der Waals surface area contributed by atoms with Gasteiger partial charge in [-0.05, 0) is 6.92 Å². The van der Waals surface area contributed by atoms with E-state index in [1.54, 1.807) is 10.9 Å². The van der Waals surface area contributed by atoms with Gasteiger partial charge in [0.1, 0.15) is 0 Å². The van der Waals surface area contributed by atoms with Crippen molar-refractivity contribution in [2.75, 3.05) is 0 Å². The first-order chi connectivity index (χ1) is 7.93. The third-order valence-corrected chi connectivity index (χ3v) is 2.69. The highest BCUT2D eigenvalue weighted by Crippen LogP contribution is 2.22.